The van der Waals surface area contributed by atoms with Crippen molar-refractivity contribution in [1.82, 2.24) is 15.2 Å². The van der Waals surface area contributed by atoms with E-state index < -0.39 is 5.91 Å². The lowest BCUT2D eigenvalue weighted by atomic mass is 10.0. The van der Waals surface area contributed by atoms with Crippen LogP contribution in [0.15, 0.2) is 48.8 Å². The van der Waals surface area contributed by atoms with Crippen LogP contribution in [0.5, 0.6) is 5.75 Å². The lowest BCUT2D eigenvalue weighted by molar-refractivity contribution is -0.135. The molecule has 0 bridgehead atoms. The average Bonchev–Trinajstić information content (AvgIpc) is 2.69. The predicted molar refractivity (Wildman–Crippen MR) is 96.6 cm³/mol. The summed E-state index contributed by atoms with van der Waals surface area (Å²) in [6.45, 7) is 2.36. The van der Waals surface area contributed by atoms with Gasteiger partial charge >= 0.3 is 0 Å². The lowest BCUT2D eigenvalue weighted by Crippen LogP contribution is -2.49. The standard InChI is InChI=1S/C19H22N4O3/c20-19(25)14-3-1-5-16(11-14)26-10-6-18(24)23-9-8-22-13-17(23)15-4-2-7-21-12-15/h1-5,7,11-12,17,22H,6,8-10,13H2,(H2,20,25). The molecule has 1 unspecified atom stereocenters. The molecule has 7 nitrogen and oxygen atoms in total. The molecule has 2 amide bonds. The Morgan fingerprint density at radius 2 is 2.19 bits per heavy atom. The quantitative estimate of drug-likeness (QED) is 0.810. The van der Waals surface area contributed by atoms with Crippen LogP contribution in [0.3, 0.4) is 0 Å². The van der Waals surface area contributed by atoms with Gasteiger partial charge in [0.2, 0.25) is 11.8 Å². The van der Waals surface area contributed by atoms with Crippen LogP contribution in [-0.2, 0) is 4.79 Å². The molecule has 26 heavy (non-hydrogen) atoms. The second-order valence-electron chi connectivity index (χ2n) is 6.08. The Hall–Kier alpha value is -2.93. The summed E-state index contributed by atoms with van der Waals surface area (Å²) in [6.07, 6.45) is 3.78. The molecule has 136 valence electrons. The van der Waals surface area contributed by atoms with Crippen LogP contribution in [-0.4, -0.2) is 47.9 Å². The molecule has 2 aromatic rings. The normalized spacial score (nSPS) is 16.9. The van der Waals surface area contributed by atoms with Gasteiger partial charge in [-0.1, -0.05) is 12.1 Å². The zero-order valence-electron chi connectivity index (χ0n) is 14.4. The van der Waals surface area contributed by atoms with Crippen molar-refractivity contribution >= 4 is 11.8 Å². The molecule has 1 aliphatic heterocycles. The van der Waals surface area contributed by atoms with Gasteiger partial charge in [0.25, 0.3) is 0 Å². The molecule has 1 aromatic carbocycles. The number of amides is 2. The third-order valence-corrected chi connectivity index (χ3v) is 4.34. The van der Waals surface area contributed by atoms with Crippen molar-refractivity contribution in [2.75, 3.05) is 26.2 Å². The molecule has 0 aliphatic carbocycles. The molecular formula is C19H22N4O3. The van der Waals surface area contributed by atoms with Crippen molar-refractivity contribution in [3.05, 3.63) is 59.9 Å². The van der Waals surface area contributed by atoms with Gasteiger partial charge in [0, 0.05) is 37.6 Å². The van der Waals surface area contributed by atoms with Crippen molar-refractivity contribution in [2.24, 2.45) is 5.73 Å². The molecule has 0 radical (unpaired) electrons. The second kappa shape index (κ2) is 8.44. The summed E-state index contributed by atoms with van der Waals surface area (Å²) in [5.74, 6) is 0.0521. The van der Waals surface area contributed by atoms with Crippen molar-refractivity contribution < 1.29 is 14.3 Å². The van der Waals surface area contributed by atoms with Crippen molar-refractivity contribution in [2.45, 2.75) is 12.5 Å². The van der Waals surface area contributed by atoms with Crippen LogP contribution in [0.25, 0.3) is 0 Å². The molecule has 3 N–H and O–H groups in total. The van der Waals surface area contributed by atoms with Crippen LogP contribution < -0.4 is 15.8 Å². The van der Waals surface area contributed by atoms with E-state index in [9.17, 15) is 9.59 Å². The van der Waals surface area contributed by atoms with Gasteiger partial charge in [0.1, 0.15) is 5.75 Å². The number of rotatable bonds is 6. The van der Waals surface area contributed by atoms with Gasteiger partial charge < -0.3 is 20.7 Å². The first kappa shape index (κ1) is 17.9. The smallest absolute Gasteiger partial charge is 0.248 e. The molecule has 0 spiro atoms. The molecule has 3 rings (SSSR count). The Morgan fingerprint density at radius 1 is 1.31 bits per heavy atom. The third-order valence-electron chi connectivity index (χ3n) is 4.34. The minimum absolute atomic E-state index is 0.0249. The summed E-state index contributed by atoms with van der Waals surface area (Å²) in [7, 11) is 0. The molecular weight excluding hydrogens is 332 g/mol. The van der Waals surface area contributed by atoms with Crippen LogP contribution in [0, 0.1) is 0 Å². The summed E-state index contributed by atoms with van der Waals surface area (Å²) in [6, 6.07) is 10.5. The first-order chi connectivity index (χ1) is 12.6. The Balaban J connectivity index is 1.58. The van der Waals surface area contributed by atoms with Crippen molar-refractivity contribution in [3.63, 3.8) is 0 Å². The molecule has 1 aromatic heterocycles. The Morgan fingerprint density at radius 3 is 2.96 bits per heavy atom. The maximum Gasteiger partial charge on any atom is 0.248 e. The summed E-state index contributed by atoms with van der Waals surface area (Å²) >= 11 is 0. The number of primary amides is 1. The van der Waals surface area contributed by atoms with Gasteiger partial charge in [-0.3, -0.25) is 14.6 Å². The fourth-order valence-electron chi connectivity index (χ4n) is 3.01. The van der Waals surface area contributed by atoms with Crippen LogP contribution in [0.4, 0.5) is 0 Å². The van der Waals surface area contributed by atoms with Crippen LogP contribution in [0.1, 0.15) is 28.4 Å². The molecule has 1 saturated heterocycles. The van der Waals surface area contributed by atoms with Crippen LogP contribution in [0.2, 0.25) is 0 Å². The molecule has 1 fully saturated rings. The molecule has 7 heteroatoms. The van der Waals surface area contributed by atoms with E-state index in [2.05, 4.69) is 10.3 Å². The van der Waals surface area contributed by atoms with Crippen molar-refractivity contribution in [1.29, 1.82) is 0 Å². The topological polar surface area (TPSA) is 97.6 Å². The summed E-state index contributed by atoms with van der Waals surface area (Å²) in [5.41, 5.74) is 6.66. The number of hydrogen-bond acceptors (Lipinski definition) is 5. The highest BCUT2D eigenvalue weighted by Crippen LogP contribution is 2.22. The Kier molecular flexibility index (Phi) is 5.80. The first-order valence-electron chi connectivity index (χ1n) is 8.58. The minimum atomic E-state index is -0.508. The highest BCUT2D eigenvalue weighted by molar-refractivity contribution is 5.93. The van der Waals surface area contributed by atoms with E-state index in [1.165, 1.54) is 0 Å². The Bertz CT molecular complexity index is 766. The van der Waals surface area contributed by atoms with E-state index in [1.54, 1.807) is 36.7 Å². The van der Waals surface area contributed by atoms with Gasteiger partial charge in [0.15, 0.2) is 0 Å². The first-order valence-corrected chi connectivity index (χ1v) is 8.58. The molecule has 2 heterocycles. The number of carbonyl (C=O) groups is 2. The summed E-state index contributed by atoms with van der Waals surface area (Å²) < 4.78 is 5.62. The van der Waals surface area contributed by atoms with E-state index in [-0.39, 0.29) is 25.0 Å². The van der Waals surface area contributed by atoms with Gasteiger partial charge in [-0.2, -0.15) is 0 Å². The van der Waals surface area contributed by atoms with E-state index in [0.717, 1.165) is 12.1 Å². The van der Waals surface area contributed by atoms with Crippen LogP contribution >= 0.6 is 0 Å². The molecule has 0 saturated carbocycles. The maximum absolute atomic E-state index is 12.7. The number of nitrogens with one attached hydrogen (secondary N) is 1. The minimum Gasteiger partial charge on any atom is -0.493 e. The van der Waals surface area contributed by atoms with Gasteiger partial charge in [-0.05, 0) is 29.8 Å². The second-order valence-corrected chi connectivity index (χ2v) is 6.08. The predicted octanol–water partition coefficient (Wildman–Crippen LogP) is 1.12. The monoisotopic (exact) mass is 354 g/mol. The van der Waals surface area contributed by atoms with Crippen molar-refractivity contribution in [3.8, 4) is 5.75 Å². The number of nitrogens with zero attached hydrogens (tertiary/aromatic N) is 2. The summed E-state index contributed by atoms with van der Waals surface area (Å²) in [5, 5.41) is 3.32. The van der Waals surface area contributed by atoms with Gasteiger partial charge in [0.05, 0.1) is 19.1 Å². The van der Waals surface area contributed by atoms with Gasteiger partial charge in [-0.15, -0.1) is 0 Å². The molecule has 1 atom stereocenters. The fourth-order valence-corrected chi connectivity index (χ4v) is 3.01. The van der Waals surface area contributed by atoms with E-state index in [1.807, 2.05) is 17.0 Å². The van der Waals surface area contributed by atoms with E-state index in [4.69, 9.17) is 10.5 Å². The molecule has 1 aliphatic rings. The van der Waals surface area contributed by atoms with E-state index in [0.29, 0.717) is 24.4 Å². The number of hydrogen-bond donors (Lipinski definition) is 2. The number of ether oxygens (including phenoxy) is 1. The zero-order valence-corrected chi connectivity index (χ0v) is 14.4. The lowest BCUT2D eigenvalue weighted by Gasteiger charge is -2.36. The third kappa shape index (κ3) is 4.37. The fraction of sp³-hybridized carbons (Fsp3) is 0.316. The maximum atomic E-state index is 12.7. The number of pyridine rings is 1. The average molecular weight is 354 g/mol. The largest absolute Gasteiger partial charge is 0.493 e. The number of nitrogens with two attached hydrogens (primary N) is 1. The highest BCUT2D eigenvalue weighted by atomic mass is 16.5. The van der Waals surface area contributed by atoms with Gasteiger partial charge in [-0.25, -0.2) is 0 Å². The SMILES string of the molecule is NC(=O)c1cccc(OCCC(=O)N2CCNCC2c2cccnc2)c1. The highest BCUT2D eigenvalue weighted by Gasteiger charge is 2.27. The number of aromatic nitrogens is 1. The number of benzene rings is 1. The number of carbonyl (C=O) groups excluding carboxylic acids is 2. The zero-order chi connectivity index (χ0) is 18.4. The van der Waals surface area contributed by atoms with E-state index >= 15 is 0 Å². The number of piperazine rings is 1. The summed E-state index contributed by atoms with van der Waals surface area (Å²) in [4.78, 5) is 29.9. The Labute approximate surface area is 152 Å².